The second-order valence-electron chi connectivity index (χ2n) is 6.04. The van der Waals surface area contributed by atoms with Crippen LogP contribution in [0, 0.1) is 0 Å². The maximum atomic E-state index is 9.98. The Morgan fingerprint density at radius 1 is 1.04 bits per heavy atom. The molecule has 5 nitrogen and oxygen atoms in total. The van der Waals surface area contributed by atoms with Crippen LogP contribution < -0.4 is 5.32 Å². The lowest BCUT2D eigenvalue weighted by molar-refractivity contribution is 0.231. The summed E-state index contributed by atoms with van der Waals surface area (Å²) in [5, 5.41) is 34.1. The zero-order valence-electron chi connectivity index (χ0n) is 13.5. The Morgan fingerprint density at radius 3 is 2.46 bits per heavy atom. The summed E-state index contributed by atoms with van der Waals surface area (Å²) in [6.45, 7) is 1.81. The van der Waals surface area contributed by atoms with Gasteiger partial charge in [-0.2, -0.15) is 0 Å². The van der Waals surface area contributed by atoms with Crippen LogP contribution in [0.4, 0.5) is 0 Å². The van der Waals surface area contributed by atoms with Crippen LogP contribution in [0.25, 0.3) is 10.9 Å². The lowest BCUT2D eigenvalue weighted by Crippen LogP contribution is -2.36. The van der Waals surface area contributed by atoms with Gasteiger partial charge in [0.2, 0.25) is 0 Å². The highest BCUT2D eigenvalue weighted by Gasteiger charge is 2.19. The van der Waals surface area contributed by atoms with Gasteiger partial charge in [-0.15, -0.1) is 0 Å². The molecule has 5 N–H and O–H groups in total. The maximum absolute atomic E-state index is 9.98. The summed E-state index contributed by atoms with van der Waals surface area (Å²) in [5.74, 6) is 0.0811. The lowest BCUT2D eigenvalue weighted by atomic mass is 10.0. The number of aromatic amines is 1. The number of para-hydroxylation sites is 1. The highest BCUT2D eigenvalue weighted by atomic mass is 16.3. The Bertz CT molecular complexity index is 808. The summed E-state index contributed by atoms with van der Waals surface area (Å²) in [6.07, 6.45) is 2.59. The Balaban J connectivity index is 1.77. The van der Waals surface area contributed by atoms with Gasteiger partial charge in [-0.25, -0.2) is 0 Å². The van der Waals surface area contributed by atoms with Crippen LogP contribution in [-0.4, -0.2) is 33.0 Å². The molecule has 3 aromatic rings. The van der Waals surface area contributed by atoms with E-state index < -0.39 is 0 Å². The third kappa shape index (κ3) is 3.22. The van der Waals surface area contributed by atoms with Crippen molar-refractivity contribution >= 4 is 10.9 Å². The smallest absolute Gasteiger partial charge is 0.124 e. The van der Waals surface area contributed by atoms with Gasteiger partial charge in [-0.1, -0.05) is 24.3 Å². The van der Waals surface area contributed by atoms with Crippen molar-refractivity contribution in [2.24, 2.45) is 0 Å². The number of aliphatic hydroxyl groups excluding tert-OH is 1. The molecule has 1 heterocycles. The molecule has 2 unspecified atom stereocenters. The minimum Gasteiger partial charge on any atom is -0.507 e. The van der Waals surface area contributed by atoms with E-state index in [-0.39, 0.29) is 30.2 Å². The third-order valence-electron chi connectivity index (χ3n) is 4.34. The lowest BCUT2D eigenvalue weighted by Gasteiger charge is -2.23. The Morgan fingerprint density at radius 2 is 1.75 bits per heavy atom. The fourth-order valence-corrected chi connectivity index (χ4v) is 3.16. The van der Waals surface area contributed by atoms with Crippen molar-refractivity contribution in [3.63, 3.8) is 0 Å². The molecule has 0 saturated carbocycles. The number of benzene rings is 2. The molecule has 5 heteroatoms. The summed E-state index contributed by atoms with van der Waals surface area (Å²) in [5.41, 5.74) is 2.62. The van der Waals surface area contributed by atoms with Crippen LogP contribution in [0.3, 0.4) is 0 Å². The van der Waals surface area contributed by atoms with Crippen molar-refractivity contribution in [3.8, 4) is 11.5 Å². The molecule has 2 atom stereocenters. The minimum atomic E-state index is -0.298. The van der Waals surface area contributed by atoms with Gasteiger partial charge in [0.1, 0.15) is 11.5 Å². The SMILES string of the molecule is CC(NC(CO)Cc1c[nH]c2ccccc12)c1c(O)cccc1O. The van der Waals surface area contributed by atoms with E-state index in [1.165, 1.54) is 0 Å². The quantitative estimate of drug-likeness (QED) is 0.482. The van der Waals surface area contributed by atoms with Gasteiger partial charge < -0.3 is 25.6 Å². The van der Waals surface area contributed by atoms with Crippen molar-refractivity contribution in [1.29, 1.82) is 0 Å². The molecule has 24 heavy (non-hydrogen) atoms. The van der Waals surface area contributed by atoms with Crippen LogP contribution >= 0.6 is 0 Å². The van der Waals surface area contributed by atoms with Crippen LogP contribution in [0.5, 0.6) is 11.5 Å². The summed E-state index contributed by atoms with van der Waals surface area (Å²) < 4.78 is 0. The van der Waals surface area contributed by atoms with Gasteiger partial charge in [-0.05, 0) is 37.1 Å². The number of H-pyrrole nitrogens is 1. The number of hydrogen-bond acceptors (Lipinski definition) is 4. The van der Waals surface area contributed by atoms with E-state index in [0.717, 1.165) is 16.5 Å². The standard InChI is InChI=1S/C19H22N2O3/c1-12(19-17(23)7-4-8-18(19)24)21-14(11-22)9-13-10-20-16-6-3-2-5-15(13)16/h2-8,10,12,14,20-24H,9,11H2,1H3. The molecule has 1 aromatic heterocycles. The van der Waals surface area contributed by atoms with Crippen molar-refractivity contribution in [3.05, 3.63) is 59.8 Å². The normalized spacial score (nSPS) is 13.9. The molecule has 0 radical (unpaired) electrons. The van der Waals surface area contributed by atoms with Crippen LogP contribution in [0.15, 0.2) is 48.7 Å². The number of fused-ring (bicyclic) bond motifs is 1. The zero-order chi connectivity index (χ0) is 17.1. The first-order chi connectivity index (χ1) is 11.6. The number of phenols is 2. The van der Waals surface area contributed by atoms with Crippen molar-refractivity contribution in [2.45, 2.75) is 25.4 Å². The van der Waals surface area contributed by atoms with Gasteiger partial charge in [0, 0.05) is 29.2 Å². The van der Waals surface area contributed by atoms with Crippen LogP contribution in [0.2, 0.25) is 0 Å². The number of aliphatic hydroxyl groups is 1. The largest absolute Gasteiger partial charge is 0.507 e. The fourth-order valence-electron chi connectivity index (χ4n) is 3.16. The first kappa shape index (κ1) is 16.4. The highest BCUT2D eigenvalue weighted by molar-refractivity contribution is 5.83. The first-order valence-electron chi connectivity index (χ1n) is 8.03. The number of aromatic hydroxyl groups is 2. The van der Waals surface area contributed by atoms with Crippen LogP contribution in [0.1, 0.15) is 24.1 Å². The number of phenolic OH excluding ortho intramolecular Hbond substituents is 2. The van der Waals surface area contributed by atoms with Crippen LogP contribution in [-0.2, 0) is 6.42 Å². The van der Waals surface area contributed by atoms with Crippen molar-refractivity contribution < 1.29 is 15.3 Å². The molecule has 0 spiro atoms. The average molecular weight is 326 g/mol. The summed E-state index contributed by atoms with van der Waals surface area (Å²) in [7, 11) is 0. The second-order valence-corrected chi connectivity index (χ2v) is 6.04. The monoisotopic (exact) mass is 326 g/mol. The summed E-state index contributed by atoms with van der Waals surface area (Å²) in [6, 6.07) is 12.2. The molecular formula is C19H22N2O3. The molecule has 0 aliphatic rings. The molecule has 2 aromatic carbocycles. The average Bonchev–Trinajstić information content (AvgIpc) is 2.97. The molecule has 0 amide bonds. The van der Waals surface area contributed by atoms with E-state index in [9.17, 15) is 15.3 Å². The minimum absolute atomic E-state index is 0.0405. The molecule has 0 saturated heterocycles. The number of nitrogens with one attached hydrogen (secondary N) is 2. The van der Waals surface area contributed by atoms with Gasteiger partial charge in [0.15, 0.2) is 0 Å². The predicted octanol–water partition coefficient (Wildman–Crippen LogP) is 2.83. The third-order valence-corrected chi connectivity index (χ3v) is 4.34. The van der Waals surface area contributed by atoms with Gasteiger partial charge in [-0.3, -0.25) is 0 Å². The molecule has 0 aliphatic carbocycles. The van der Waals surface area contributed by atoms with E-state index >= 15 is 0 Å². The summed E-state index contributed by atoms with van der Waals surface area (Å²) in [4.78, 5) is 3.23. The van der Waals surface area contributed by atoms with Gasteiger partial charge >= 0.3 is 0 Å². The summed E-state index contributed by atoms with van der Waals surface area (Å²) >= 11 is 0. The number of hydrogen-bond donors (Lipinski definition) is 5. The topological polar surface area (TPSA) is 88.5 Å². The predicted molar refractivity (Wildman–Crippen MR) is 94.2 cm³/mol. The van der Waals surface area contributed by atoms with E-state index in [4.69, 9.17) is 0 Å². The van der Waals surface area contributed by atoms with Gasteiger partial charge in [0.25, 0.3) is 0 Å². The fraction of sp³-hybridized carbons (Fsp3) is 0.263. The molecule has 126 valence electrons. The van der Waals surface area contributed by atoms with Crippen molar-refractivity contribution in [2.75, 3.05) is 6.61 Å². The highest BCUT2D eigenvalue weighted by Crippen LogP contribution is 2.32. The van der Waals surface area contributed by atoms with E-state index in [0.29, 0.717) is 12.0 Å². The van der Waals surface area contributed by atoms with E-state index in [2.05, 4.69) is 10.3 Å². The second kappa shape index (κ2) is 6.95. The Kier molecular flexibility index (Phi) is 4.74. The number of rotatable bonds is 6. The van der Waals surface area contributed by atoms with Crippen molar-refractivity contribution in [1.82, 2.24) is 10.3 Å². The zero-order valence-corrected chi connectivity index (χ0v) is 13.5. The first-order valence-corrected chi connectivity index (χ1v) is 8.03. The Labute approximate surface area is 140 Å². The molecule has 3 rings (SSSR count). The molecular weight excluding hydrogens is 304 g/mol. The molecule has 0 fully saturated rings. The number of aromatic nitrogens is 1. The molecule has 0 bridgehead atoms. The molecule has 0 aliphatic heterocycles. The van der Waals surface area contributed by atoms with Gasteiger partial charge in [0.05, 0.1) is 12.2 Å². The van der Waals surface area contributed by atoms with E-state index in [1.54, 1.807) is 18.2 Å². The Hall–Kier alpha value is -2.50. The van der Waals surface area contributed by atoms with E-state index in [1.807, 2.05) is 37.4 Å². The maximum Gasteiger partial charge on any atom is 0.124 e.